The van der Waals surface area contributed by atoms with E-state index in [0.29, 0.717) is 20.9 Å². The second kappa shape index (κ2) is 6.43. The first-order valence-corrected chi connectivity index (χ1v) is 8.02. The Bertz CT molecular complexity index is 610. The highest BCUT2D eigenvalue weighted by Crippen LogP contribution is 2.27. The van der Waals surface area contributed by atoms with Crippen molar-refractivity contribution in [3.63, 3.8) is 0 Å². The van der Waals surface area contributed by atoms with Gasteiger partial charge in [0, 0.05) is 18.5 Å². The summed E-state index contributed by atoms with van der Waals surface area (Å²) in [7, 11) is 1.74. The summed E-state index contributed by atoms with van der Waals surface area (Å²) in [6.07, 6.45) is 0. The molecule has 20 heavy (non-hydrogen) atoms. The van der Waals surface area contributed by atoms with Crippen LogP contribution in [-0.4, -0.2) is 29.4 Å². The Morgan fingerprint density at radius 3 is 2.85 bits per heavy atom. The van der Waals surface area contributed by atoms with Crippen LogP contribution in [-0.2, 0) is 6.54 Å². The number of hydrogen-bond acceptors (Lipinski definition) is 6. The second-order valence-corrected chi connectivity index (χ2v) is 6.93. The van der Waals surface area contributed by atoms with Crippen molar-refractivity contribution in [2.45, 2.75) is 13.5 Å². The van der Waals surface area contributed by atoms with Gasteiger partial charge in [-0.2, -0.15) is 0 Å². The van der Waals surface area contributed by atoms with E-state index in [1.807, 2.05) is 19.1 Å². The molecule has 3 N–H and O–H groups in total. The Labute approximate surface area is 130 Å². The summed E-state index contributed by atoms with van der Waals surface area (Å²) in [4.78, 5) is 19.6. The van der Waals surface area contributed by atoms with Crippen molar-refractivity contribution in [1.29, 1.82) is 0 Å². The molecule has 108 valence electrons. The van der Waals surface area contributed by atoms with Gasteiger partial charge in [-0.1, -0.05) is 22.9 Å². The molecule has 2 heterocycles. The fourth-order valence-electron chi connectivity index (χ4n) is 1.63. The molecule has 0 saturated heterocycles. The van der Waals surface area contributed by atoms with Gasteiger partial charge in [-0.05, 0) is 19.1 Å². The first-order chi connectivity index (χ1) is 9.51. The Kier molecular flexibility index (Phi) is 4.85. The molecule has 5 nitrogen and oxygen atoms in total. The summed E-state index contributed by atoms with van der Waals surface area (Å²) in [5.74, 6) is 0.140. The number of aromatic nitrogens is 1. The first-order valence-electron chi connectivity index (χ1n) is 6.01. The van der Waals surface area contributed by atoms with Gasteiger partial charge < -0.3 is 16.0 Å². The highest BCUT2D eigenvalue weighted by Gasteiger charge is 2.20. The lowest BCUT2D eigenvalue weighted by atomic mass is 10.4. The van der Waals surface area contributed by atoms with E-state index in [2.05, 4.69) is 10.3 Å². The van der Waals surface area contributed by atoms with Crippen LogP contribution < -0.4 is 11.1 Å². The highest BCUT2D eigenvalue weighted by atomic mass is 35.5. The zero-order chi connectivity index (χ0) is 14.7. The molecule has 0 radical (unpaired) electrons. The van der Waals surface area contributed by atoms with E-state index in [4.69, 9.17) is 17.3 Å². The normalized spacial score (nSPS) is 10.6. The van der Waals surface area contributed by atoms with Crippen LogP contribution in [0.3, 0.4) is 0 Å². The van der Waals surface area contributed by atoms with Crippen molar-refractivity contribution in [1.82, 2.24) is 9.88 Å². The average molecular weight is 331 g/mol. The Morgan fingerprint density at radius 2 is 2.25 bits per heavy atom. The van der Waals surface area contributed by atoms with E-state index in [-0.39, 0.29) is 11.7 Å². The maximum Gasteiger partial charge on any atom is 0.267 e. The molecule has 0 aromatic carbocycles. The van der Waals surface area contributed by atoms with Crippen LogP contribution in [0.15, 0.2) is 12.1 Å². The quantitative estimate of drug-likeness (QED) is 0.883. The summed E-state index contributed by atoms with van der Waals surface area (Å²) >= 11 is 8.62. The lowest BCUT2D eigenvalue weighted by Crippen LogP contribution is -2.25. The number of halogens is 1. The molecule has 0 bridgehead atoms. The Hall–Kier alpha value is -1.31. The average Bonchev–Trinajstić information content (AvgIpc) is 2.95. The molecule has 0 saturated carbocycles. The third-order valence-electron chi connectivity index (χ3n) is 2.54. The van der Waals surface area contributed by atoms with Crippen LogP contribution in [0.25, 0.3) is 0 Å². The topological polar surface area (TPSA) is 71.2 Å². The number of rotatable bonds is 5. The van der Waals surface area contributed by atoms with Crippen LogP contribution in [0.5, 0.6) is 0 Å². The number of amides is 1. The molecule has 0 aliphatic rings. The van der Waals surface area contributed by atoms with E-state index in [1.165, 1.54) is 22.7 Å². The van der Waals surface area contributed by atoms with Crippen LogP contribution >= 0.6 is 34.3 Å². The number of nitrogens with zero attached hydrogens (tertiary/aromatic N) is 2. The molecule has 2 aromatic heterocycles. The van der Waals surface area contributed by atoms with E-state index in [0.717, 1.165) is 11.4 Å². The van der Waals surface area contributed by atoms with Crippen molar-refractivity contribution in [2.24, 2.45) is 0 Å². The van der Waals surface area contributed by atoms with Crippen molar-refractivity contribution in [3.8, 4) is 0 Å². The molecule has 0 aliphatic carbocycles. The van der Waals surface area contributed by atoms with E-state index in [1.54, 1.807) is 11.9 Å². The van der Waals surface area contributed by atoms with Gasteiger partial charge >= 0.3 is 0 Å². The molecule has 0 unspecified atom stereocenters. The zero-order valence-corrected chi connectivity index (χ0v) is 13.5. The maximum absolute atomic E-state index is 12.4. The number of nitrogens with one attached hydrogen (secondary N) is 1. The summed E-state index contributed by atoms with van der Waals surface area (Å²) in [5, 5.41) is 3.72. The molecule has 0 fully saturated rings. The SMILES string of the molecule is CCNc1nc(N)c(C(=O)N(C)Cc2ccc(Cl)s2)s1. The van der Waals surface area contributed by atoms with Gasteiger partial charge in [0.05, 0.1) is 10.9 Å². The fraction of sp³-hybridized carbons (Fsp3) is 0.333. The Morgan fingerprint density at radius 1 is 1.50 bits per heavy atom. The first kappa shape index (κ1) is 15.1. The van der Waals surface area contributed by atoms with Crippen LogP contribution in [0.4, 0.5) is 10.9 Å². The molecule has 2 aromatic rings. The largest absolute Gasteiger partial charge is 0.382 e. The van der Waals surface area contributed by atoms with Crippen molar-refractivity contribution >= 4 is 51.1 Å². The van der Waals surface area contributed by atoms with Crippen LogP contribution in [0.2, 0.25) is 4.34 Å². The van der Waals surface area contributed by atoms with Crippen LogP contribution in [0.1, 0.15) is 21.5 Å². The zero-order valence-electron chi connectivity index (χ0n) is 11.1. The summed E-state index contributed by atoms with van der Waals surface area (Å²) in [5.41, 5.74) is 5.80. The van der Waals surface area contributed by atoms with Crippen molar-refractivity contribution in [3.05, 3.63) is 26.2 Å². The van der Waals surface area contributed by atoms with Crippen molar-refractivity contribution < 1.29 is 4.79 Å². The third kappa shape index (κ3) is 3.41. The fourth-order valence-corrected chi connectivity index (χ4v) is 3.72. The van der Waals surface area contributed by atoms with E-state index < -0.39 is 0 Å². The molecule has 0 aliphatic heterocycles. The molecule has 0 atom stereocenters. The van der Waals surface area contributed by atoms with Gasteiger partial charge in [0.15, 0.2) is 5.13 Å². The maximum atomic E-state index is 12.4. The van der Waals surface area contributed by atoms with Crippen molar-refractivity contribution in [2.75, 3.05) is 24.6 Å². The number of nitrogens with two attached hydrogens (primary N) is 1. The minimum Gasteiger partial charge on any atom is -0.382 e. The number of thiazole rings is 1. The number of hydrogen-bond donors (Lipinski definition) is 2. The lowest BCUT2D eigenvalue weighted by Gasteiger charge is -2.15. The predicted molar refractivity (Wildman–Crippen MR) is 85.8 cm³/mol. The summed E-state index contributed by atoms with van der Waals surface area (Å²) in [6.45, 7) is 3.21. The molecular formula is C12H15ClN4OS2. The number of nitrogen functional groups attached to an aromatic ring is 1. The van der Waals surface area contributed by atoms with E-state index >= 15 is 0 Å². The van der Waals surface area contributed by atoms with Gasteiger partial charge in [-0.15, -0.1) is 11.3 Å². The second-order valence-electron chi connectivity index (χ2n) is 4.13. The predicted octanol–water partition coefficient (Wildman–Crippen LogP) is 3.14. The lowest BCUT2D eigenvalue weighted by molar-refractivity contribution is 0.0792. The van der Waals surface area contributed by atoms with E-state index in [9.17, 15) is 4.79 Å². The summed E-state index contributed by atoms with van der Waals surface area (Å²) in [6, 6.07) is 3.74. The number of carbonyl (C=O) groups excluding carboxylic acids is 1. The molecular weight excluding hydrogens is 316 g/mol. The highest BCUT2D eigenvalue weighted by molar-refractivity contribution is 7.18. The smallest absolute Gasteiger partial charge is 0.267 e. The van der Waals surface area contributed by atoms with Crippen LogP contribution in [0, 0.1) is 0 Å². The minimum absolute atomic E-state index is 0.131. The molecule has 8 heteroatoms. The third-order valence-corrected chi connectivity index (χ3v) is 4.78. The minimum atomic E-state index is -0.131. The Balaban J connectivity index is 2.09. The number of anilines is 2. The summed E-state index contributed by atoms with van der Waals surface area (Å²) < 4.78 is 0.715. The van der Waals surface area contributed by atoms with Gasteiger partial charge in [-0.3, -0.25) is 4.79 Å². The molecule has 1 amide bonds. The van der Waals surface area contributed by atoms with Gasteiger partial charge in [0.1, 0.15) is 10.7 Å². The van der Waals surface area contributed by atoms with Gasteiger partial charge in [0.2, 0.25) is 0 Å². The van der Waals surface area contributed by atoms with Gasteiger partial charge in [0.25, 0.3) is 5.91 Å². The number of thiophene rings is 1. The van der Waals surface area contributed by atoms with Gasteiger partial charge in [-0.25, -0.2) is 4.98 Å². The number of carbonyl (C=O) groups is 1. The standard InChI is InChI=1S/C12H15ClN4OS2/c1-3-15-12-16-10(14)9(20-12)11(18)17(2)6-7-4-5-8(13)19-7/h4-5H,3,6,14H2,1-2H3,(H,15,16). The molecule has 2 rings (SSSR count). The molecule has 0 spiro atoms. The monoisotopic (exact) mass is 330 g/mol.